The van der Waals surface area contributed by atoms with Crippen LogP contribution in [0.5, 0.6) is 0 Å². The van der Waals surface area contributed by atoms with Crippen LogP contribution in [0, 0.1) is 0 Å². The van der Waals surface area contributed by atoms with Crippen LogP contribution >= 0.6 is 34.0 Å². The number of hydrogen-bond donors (Lipinski definition) is 0. The Morgan fingerprint density at radius 2 is 0.887 bits per heavy atom. The quantitative estimate of drug-likeness (QED) is 0.177. The van der Waals surface area contributed by atoms with Crippen LogP contribution in [0.4, 0.5) is 0 Å². The molecule has 0 saturated carbocycles. The van der Waals surface area contributed by atoms with Crippen LogP contribution in [0.3, 0.4) is 0 Å². The Morgan fingerprint density at radius 1 is 0.321 bits per heavy atom. The summed E-state index contributed by atoms with van der Waals surface area (Å²) in [6, 6.07) is 55.6. The summed E-state index contributed by atoms with van der Waals surface area (Å²) in [6.07, 6.45) is 0. The van der Waals surface area contributed by atoms with Crippen molar-refractivity contribution in [3.63, 3.8) is 0 Å². The first-order valence-electron chi connectivity index (χ1n) is 17.4. The molecular formula is C46H26N4S3. The van der Waals surface area contributed by atoms with E-state index in [0.717, 1.165) is 32.8 Å². The third-order valence-electron chi connectivity index (χ3n) is 9.79. The molecule has 0 amide bonds. The molecule has 4 aromatic heterocycles. The lowest BCUT2D eigenvalue weighted by Crippen LogP contribution is -2.00. The fraction of sp³-hybridized carbons (Fsp3) is 0. The van der Waals surface area contributed by atoms with Crippen molar-refractivity contribution >= 4 is 84.6 Å². The SMILES string of the molecule is c1ccc(-c2nc(-c3cccc4c3sc3ccccc34)nc(-c3cccc4c3sc3ccc(-c5cccc(-c6nc7ccccc7s6)c5)cc34)n2)cc1. The van der Waals surface area contributed by atoms with Gasteiger partial charge in [0.15, 0.2) is 17.5 Å². The molecule has 0 fully saturated rings. The summed E-state index contributed by atoms with van der Waals surface area (Å²) in [4.78, 5) is 20.4. The monoisotopic (exact) mass is 730 g/mol. The molecule has 0 aliphatic heterocycles. The number of benzene rings is 7. The predicted octanol–water partition coefficient (Wildman–Crippen LogP) is 13.6. The third kappa shape index (κ3) is 5.16. The molecule has 0 atom stereocenters. The molecule has 4 nitrogen and oxygen atoms in total. The van der Waals surface area contributed by atoms with Gasteiger partial charge in [-0.3, -0.25) is 0 Å². The average Bonchev–Trinajstić information content (AvgIpc) is 3.94. The smallest absolute Gasteiger partial charge is 0.165 e. The molecule has 0 saturated heterocycles. The molecule has 53 heavy (non-hydrogen) atoms. The molecule has 0 unspecified atom stereocenters. The lowest BCUT2D eigenvalue weighted by Gasteiger charge is -2.10. The number of hydrogen-bond acceptors (Lipinski definition) is 7. The Bertz CT molecular complexity index is 3160. The lowest BCUT2D eigenvalue weighted by molar-refractivity contribution is 1.08. The van der Waals surface area contributed by atoms with E-state index in [-0.39, 0.29) is 0 Å². The fourth-order valence-electron chi connectivity index (χ4n) is 7.24. The highest BCUT2D eigenvalue weighted by Gasteiger charge is 2.19. The zero-order valence-corrected chi connectivity index (χ0v) is 30.5. The second-order valence-corrected chi connectivity index (χ2v) is 16.2. The van der Waals surface area contributed by atoms with Crippen molar-refractivity contribution in [2.24, 2.45) is 0 Å². The number of thiophene rings is 2. The van der Waals surface area contributed by atoms with Gasteiger partial charge < -0.3 is 0 Å². The van der Waals surface area contributed by atoms with E-state index in [1.54, 1.807) is 34.0 Å². The van der Waals surface area contributed by atoms with Crippen molar-refractivity contribution in [2.45, 2.75) is 0 Å². The van der Waals surface area contributed by atoms with Gasteiger partial charge in [-0.25, -0.2) is 19.9 Å². The highest BCUT2D eigenvalue weighted by Crippen LogP contribution is 2.43. The van der Waals surface area contributed by atoms with Gasteiger partial charge in [0, 0.05) is 62.6 Å². The van der Waals surface area contributed by atoms with Crippen molar-refractivity contribution in [3.05, 3.63) is 158 Å². The Hall–Kier alpha value is -6.12. The predicted molar refractivity (Wildman–Crippen MR) is 226 cm³/mol. The number of aromatic nitrogens is 4. The normalized spacial score (nSPS) is 11.8. The first-order valence-corrected chi connectivity index (χ1v) is 19.8. The number of nitrogens with zero attached hydrogens (tertiary/aromatic N) is 4. The Balaban J connectivity index is 1.06. The molecule has 0 spiro atoms. The van der Waals surface area contributed by atoms with Gasteiger partial charge in [0.2, 0.25) is 0 Å². The van der Waals surface area contributed by atoms with Crippen LogP contribution in [-0.4, -0.2) is 19.9 Å². The Morgan fingerprint density at radius 3 is 1.66 bits per heavy atom. The van der Waals surface area contributed by atoms with E-state index >= 15 is 0 Å². The van der Waals surface area contributed by atoms with E-state index in [0.29, 0.717) is 17.5 Å². The van der Waals surface area contributed by atoms with Crippen molar-refractivity contribution in [3.8, 4) is 55.9 Å². The zero-order chi connectivity index (χ0) is 34.9. The van der Waals surface area contributed by atoms with Crippen molar-refractivity contribution < 1.29 is 0 Å². The average molecular weight is 731 g/mol. The zero-order valence-electron chi connectivity index (χ0n) is 28.0. The first-order chi connectivity index (χ1) is 26.2. The van der Waals surface area contributed by atoms with Gasteiger partial charge in [-0.05, 0) is 59.7 Å². The van der Waals surface area contributed by atoms with Gasteiger partial charge in [-0.15, -0.1) is 34.0 Å². The maximum atomic E-state index is 5.25. The summed E-state index contributed by atoms with van der Waals surface area (Å²) in [6.45, 7) is 0. The van der Waals surface area contributed by atoms with Crippen LogP contribution in [0.15, 0.2) is 158 Å². The summed E-state index contributed by atoms with van der Waals surface area (Å²) < 4.78 is 6.04. The molecule has 0 N–H and O–H groups in total. The summed E-state index contributed by atoms with van der Waals surface area (Å²) in [7, 11) is 0. The second-order valence-electron chi connectivity index (χ2n) is 13.0. The van der Waals surface area contributed by atoms with Gasteiger partial charge in [0.1, 0.15) is 5.01 Å². The minimum absolute atomic E-state index is 0.664. The van der Waals surface area contributed by atoms with Crippen LogP contribution in [-0.2, 0) is 0 Å². The van der Waals surface area contributed by atoms with E-state index in [9.17, 15) is 0 Å². The van der Waals surface area contributed by atoms with Gasteiger partial charge in [0.05, 0.1) is 10.2 Å². The maximum Gasteiger partial charge on any atom is 0.165 e. The summed E-state index contributed by atoms with van der Waals surface area (Å²) in [5.74, 6) is 2.02. The molecule has 4 heterocycles. The fourth-order valence-corrected chi connectivity index (χ4v) is 10.6. The van der Waals surface area contributed by atoms with Crippen LogP contribution in [0.2, 0.25) is 0 Å². The largest absolute Gasteiger partial charge is 0.236 e. The minimum Gasteiger partial charge on any atom is -0.236 e. The third-order valence-corrected chi connectivity index (χ3v) is 13.3. The molecule has 11 aromatic rings. The van der Waals surface area contributed by atoms with Crippen molar-refractivity contribution in [1.82, 2.24) is 19.9 Å². The highest BCUT2D eigenvalue weighted by molar-refractivity contribution is 7.26. The number of para-hydroxylation sites is 1. The van der Waals surface area contributed by atoms with Crippen molar-refractivity contribution in [2.75, 3.05) is 0 Å². The number of thiazole rings is 1. The molecule has 0 aliphatic carbocycles. The molecule has 7 heteroatoms. The molecule has 248 valence electrons. The Labute approximate surface area is 316 Å². The maximum absolute atomic E-state index is 5.25. The molecule has 0 bridgehead atoms. The van der Waals surface area contributed by atoms with Crippen molar-refractivity contribution in [1.29, 1.82) is 0 Å². The molecule has 0 aliphatic rings. The first kappa shape index (κ1) is 30.5. The molecule has 0 radical (unpaired) electrons. The highest BCUT2D eigenvalue weighted by atomic mass is 32.1. The van der Waals surface area contributed by atoms with Gasteiger partial charge >= 0.3 is 0 Å². The van der Waals surface area contributed by atoms with Crippen LogP contribution < -0.4 is 0 Å². The molecule has 7 aromatic carbocycles. The van der Waals surface area contributed by atoms with Crippen LogP contribution in [0.25, 0.3) is 106 Å². The second kappa shape index (κ2) is 12.2. The van der Waals surface area contributed by atoms with E-state index < -0.39 is 0 Å². The van der Waals surface area contributed by atoms with Gasteiger partial charge in [-0.2, -0.15) is 0 Å². The molecule has 11 rings (SSSR count). The molecular weight excluding hydrogens is 705 g/mol. The summed E-state index contributed by atoms with van der Waals surface area (Å²) in [5, 5.41) is 5.93. The number of fused-ring (bicyclic) bond motifs is 7. The minimum atomic E-state index is 0.664. The standard InChI is InChI=1S/C46H26N4S3/c1-2-11-27(12-3-1)43-48-44(34-18-9-16-32-31-15-4-6-21-38(31)51-41(32)34)50-45(49-43)35-19-10-17-33-36-26-29(23-24-39(36)52-42(33)35)28-13-8-14-30(25-28)46-47-37-20-5-7-22-40(37)53-46/h1-26H. The van der Waals surface area contributed by atoms with E-state index in [1.165, 1.54) is 56.2 Å². The summed E-state index contributed by atoms with van der Waals surface area (Å²) >= 11 is 5.32. The summed E-state index contributed by atoms with van der Waals surface area (Å²) in [5.41, 5.74) is 7.51. The van der Waals surface area contributed by atoms with Gasteiger partial charge in [0.25, 0.3) is 0 Å². The van der Waals surface area contributed by atoms with Crippen LogP contribution in [0.1, 0.15) is 0 Å². The van der Waals surface area contributed by atoms with E-state index in [1.807, 2.05) is 24.3 Å². The topological polar surface area (TPSA) is 51.6 Å². The van der Waals surface area contributed by atoms with Gasteiger partial charge in [-0.1, -0.05) is 109 Å². The lowest BCUT2D eigenvalue weighted by atomic mass is 10.0. The van der Waals surface area contributed by atoms with E-state index in [4.69, 9.17) is 19.9 Å². The van der Waals surface area contributed by atoms with E-state index in [2.05, 4.69) is 133 Å². The Kier molecular flexibility index (Phi) is 7.05. The number of rotatable bonds is 5.